The lowest BCUT2D eigenvalue weighted by atomic mass is 10.2. The molecule has 5 nitrogen and oxygen atoms in total. The van der Waals surface area contributed by atoms with Crippen LogP contribution in [0, 0.1) is 15.3 Å². The fraction of sp³-hybridized carbons (Fsp3) is 0.400. The highest BCUT2D eigenvalue weighted by atomic mass is 79.9. The van der Waals surface area contributed by atoms with Crippen molar-refractivity contribution in [1.29, 1.82) is 0 Å². The van der Waals surface area contributed by atoms with Crippen LogP contribution in [0.3, 0.4) is 0 Å². The molecule has 0 saturated heterocycles. The topological polar surface area (TPSA) is 69.2 Å². The molecule has 7 heteroatoms. The van der Waals surface area contributed by atoms with E-state index in [0.29, 0.717) is 4.74 Å². The van der Waals surface area contributed by atoms with Crippen LogP contribution in [0.25, 0.3) is 0 Å². The van der Waals surface area contributed by atoms with Gasteiger partial charge in [0.15, 0.2) is 6.21 Å². The molecular formula is C5H4Br2N2O3. The Bertz CT molecular complexity index is 288. The lowest BCUT2D eigenvalue weighted by Gasteiger charge is -2.15. The van der Waals surface area contributed by atoms with Gasteiger partial charge in [-0.15, -0.1) is 0 Å². The second-order valence-corrected chi connectivity index (χ2v) is 4.44. The highest BCUT2D eigenvalue weighted by molar-refractivity contribution is 9.11. The minimum Gasteiger partial charge on any atom is -0.618 e. The van der Waals surface area contributed by atoms with Crippen molar-refractivity contribution in [1.82, 2.24) is 0 Å². The molecule has 1 rings (SSSR count). The molecule has 0 N–H and O–H groups in total. The van der Waals surface area contributed by atoms with Gasteiger partial charge in [-0.25, -0.2) is 0 Å². The lowest BCUT2D eigenvalue weighted by Crippen LogP contribution is -2.33. The molecule has 0 saturated carbocycles. The average Bonchev–Trinajstić information content (AvgIpc) is 1.97. The lowest BCUT2D eigenvalue weighted by molar-refractivity contribution is -0.525. The molecule has 0 spiro atoms. The molecule has 1 heterocycles. The molecule has 0 aromatic carbocycles. The van der Waals surface area contributed by atoms with Crippen molar-refractivity contribution < 1.29 is 9.66 Å². The number of nitrogens with zero attached hydrogens (tertiary/aromatic N) is 2. The first-order valence-corrected chi connectivity index (χ1v) is 4.56. The van der Waals surface area contributed by atoms with E-state index in [1.807, 2.05) is 0 Å². The van der Waals surface area contributed by atoms with Gasteiger partial charge in [-0.3, -0.25) is 10.1 Å². The SMILES string of the molecule is O=[N+]([O-])[C@]1(Br)C=C(Br)[N+]([O-])=CC1. The van der Waals surface area contributed by atoms with Crippen molar-refractivity contribution in [3.05, 3.63) is 26.0 Å². The summed E-state index contributed by atoms with van der Waals surface area (Å²) in [5, 5.41) is 21.3. The molecule has 0 radical (unpaired) electrons. The van der Waals surface area contributed by atoms with Crippen molar-refractivity contribution in [2.45, 2.75) is 10.9 Å². The van der Waals surface area contributed by atoms with Crippen LogP contribution in [-0.4, -0.2) is 20.3 Å². The molecule has 0 bridgehead atoms. The van der Waals surface area contributed by atoms with Crippen molar-refractivity contribution >= 4 is 38.1 Å². The van der Waals surface area contributed by atoms with Crippen LogP contribution in [0.5, 0.6) is 0 Å². The summed E-state index contributed by atoms with van der Waals surface area (Å²) in [4.78, 5) is 9.99. The van der Waals surface area contributed by atoms with Crippen LogP contribution >= 0.6 is 31.9 Å². The molecule has 0 aromatic heterocycles. The highest BCUT2D eigenvalue weighted by Crippen LogP contribution is 2.30. The quantitative estimate of drug-likeness (QED) is 0.184. The van der Waals surface area contributed by atoms with E-state index in [2.05, 4.69) is 31.9 Å². The van der Waals surface area contributed by atoms with Crippen LogP contribution in [-0.2, 0) is 0 Å². The summed E-state index contributed by atoms with van der Waals surface area (Å²) in [6, 6.07) is 0. The van der Waals surface area contributed by atoms with Crippen molar-refractivity contribution in [2.75, 3.05) is 0 Å². The molecule has 1 aliphatic heterocycles. The van der Waals surface area contributed by atoms with Gasteiger partial charge in [0.05, 0.1) is 6.08 Å². The molecule has 1 aliphatic rings. The Kier molecular flexibility index (Phi) is 2.52. The predicted molar refractivity (Wildman–Crippen MR) is 50.0 cm³/mol. The smallest absolute Gasteiger partial charge is 0.309 e. The first-order valence-electron chi connectivity index (χ1n) is 2.97. The molecule has 0 aliphatic carbocycles. The third-order valence-electron chi connectivity index (χ3n) is 1.40. The molecule has 0 fully saturated rings. The largest absolute Gasteiger partial charge is 0.618 e. The van der Waals surface area contributed by atoms with Crippen molar-refractivity contribution in [3.63, 3.8) is 0 Å². The Morgan fingerprint density at radius 2 is 2.33 bits per heavy atom. The van der Waals surface area contributed by atoms with E-state index in [9.17, 15) is 15.3 Å². The predicted octanol–water partition coefficient (Wildman–Crippen LogP) is 1.58. The van der Waals surface area contributed by atoms with Gasteiger partial charge in [-0.1, -0.05) is 0 Å². The van der Waals surface area contributed by atoms with E-state index in [0.717, 1.165) is 0 Å². The maximum Gasteiger partial charge on any atom is 0.309 e. The minimum absolute atomic E-state index is 0.0403. The van der Waals surface area contributed by atoms with Crippen LogP contribution in [0.15, 0.2) is 10.7 Å². The summed E-state index contributed by atoms with van der Waals surface area (Å²) in [6.45, 7) is 0. The summed E-state index contributed by atoms with van der Waals surface area (Å²) in [5.74, 6) is 0. The Labute approximate surface area is 84.7 Å². The Morgan fingerprint density at radius 3 is 2.75 bits per heavy atom. The number of alkyl halides is 1. The molecule has 1 atom stereocenters. The Hall–Kier alpha value is -0.430. The van der Waals surface area contributed by atoms with Gasteiger partial charge in [-0.2, -0.15) is 4.74 Å². The summed E-state index contributed by atoms with van der Waals surface area (Å²) >= 11 is 5.83. The Morgan fingerprint density at radius 1 is 1.75 bits per heavy atom. The van der Waals surface area contributed by atoms with Crippen molar-refractivity contribution in [3.8, 4) is 0 Å². The summed E-state index contributed by atoms with van der Waals surface area (Å²) in [6.07, 6.45) is 2.46. The third-order valence-corrected chi connectivity index (χ3v) is 2.82. The van der Waals surface area contributed by atoms with Crippen LogP contribution < -0.4 is 0 Å². The van der Waals surface area contributed by atoms with Gasteiger partial charge in [-0.05, 0) is 0 Å². The standard InChI is InChI=1S/C5H4Br2N2O3/c6-4-3-5(7,9(11)12)1-2-8(4)10/h2-3H,1H2/t5-/m0/s1. The van der Waals surface area contributed by atoms with E-state index in [-0.39, 0.29) is 11.0 Å². The van der Waals surface area contributed by atoms with Crippen LogP contribution in [0.4, 0.5) is 0 Å². The highest BCUT2D eigenvalue weighted by Gasteiger charge is 2.42. The van der Waals surface area contributed by atoms with Gasteiger partial charge in [0.2, 0.25) is 0 Å². The number of hydroxylamine groups is 1. The van der Waals surface area contributed by atoms with E-state index in [1.165, 1.54) is 12.3 Å². The van der Waals surface area contributed by atoms with E-state index in [4.69, 9.17) is 0 Å². The third kappa shape index (κ3) is 1.66. The number of halogens is 2. The number of hydrogen-bond acceptors (Lipinski definition) is 3. The number of rotatable bonds is 1. The maximum absolute atomic E-state index is 10.8. The van der Waals surface area contributed by atoms with Crippen LogP contribution in [0.2, 0.25) is 0 Å². The van der Waals surface area contributed by atoms with Gasteiger partial charge in [0, 0.05) is 36.8 Å². The zero-order valence-electron chi connectivity index (χ0n) is 5.74. The Balaban J connectivity index is 2.98. The molecule has 66 valence electrons. The van der Waals surface area contributed by atoms with Gasteiger partial charge >= 0.3 is 4.45 Å². The second-order valence-electron chi connectivity index (χ2n) is 2.26. The molecule has 0 unspecified atom stereocenters. The van der Waals surface area contributed by atoms with Gasteiger partial charge in [0.1, 0.15) is 6.42 Å². The summed E-state index contributed by atoms with van der Waals surface area (Å²) in [7, 11) is 0. The summed E-state index contributed by atoms with van der Waals surface area (Å²) in [5.41, 5.74) is 0. The van der Waals surface area contributed by atoms with E-state index >= 15 is 0 Å². The van der Waals surface area contributed by atoms with E-state index in [1.54, 1.807) is 0 Å². The molecule has 12 heavy (non-hydrogen) atoms. The molecule has 0 amide bonds. The first kappa shape index (κ1) is 9.66. The normalized spacial score (nSPS) is 29.2. The fourth-order valence-electron chi connectivity index (χ4n) is 0.730. The average molecular weight is 300 g/mol. The van der Waals surface area contributed by atoms with Crippen LogP contribution in [0.1, 0.15) is 6.42 Å². The van der Waals surface area contributed by atoms with Crippen molar-refractivity contribution in [2.24, 2.45) is 0 Å². The zero-order valence-corrected chi connectivity index (χ0v) is 8.91. The minimum atomic E-state index is -1.34. The zero-order chi connectivity index (χ0) is 9.35. The number of nitro groups is 1. The summed E-state index contributed by atoms with van der Waals surface area (Å²) < 4.78 is -0.655. The van der Waals surface area contributed by atoms with E-state index < -0.39 is 9.37 Å². The van der Waals surface area contributed by atoms with Gasteiger partial charge in [0.25, 0.3) is 4.61 Å². The number of hydrogen-bond donors (Lipinski definition) is 0. The molecule has 0 aromatic rings. The second kappa shape index (κ2) is 3.14. The monoisotopic (exact) mass is 298 g/mol. The fourth-order valence-corrected chi connectivity index (χ4v) is 1.92. The molecular weight excluding hydrogens is 296 g/mol. The first-order chi connectivity index (χ1) is 5.46. The maximum atomic E-state index is 10.8. The van der Waals surface area contributed by atoms with Gasteiger partial charge < -0.3 is 5.21 Å².